The third kappa shape index (κ3) is 6.97. The minimum Gasteiger partial charge on any atom is -0.458 e. The van der Waals surface area contributed by atoms with E-state index < -0.39 is 7.26 Å². The Bertz CT molecular complexity index is 798. The molecule has 6 heteroatoms. The molecule has 0 aliphatic heterocycles. The smallest absolute Gasteiger partial charge is 0.344 e. The van der Waals surface area contributed by atoms with E-state index in [1.165, 1.54) is 0 Å². The van der Waals surface area contributed by atoms with Crippen molar-refractivity contribution in [1.82, 2.24) is 0 Å². The maximum Gasteiger partial charge on any atom is 0.344 e. The van der Waals surface area contributed by atoms with Crippen LogP contribution in [-0.2, 0) is 20.9 Å². The molecule has 0 radical (unpaired) electrons. The highest BCUT2D eigenvalue weighted by molar-refractivity contribution is 7.76. The predicted molar refractivity (Wildman–Crippen MR) is 114 cm³/mol. The van der Waals surface area contributed by atoms with Crippen molar-refractivity contribution in [2.75, 3.05) is 31.0 Å². The van der Waals surface area contributed by atoms with Gasteiger partial charge in [0.1, 0.15) is 12.8 Å². The summed E-state index contributed by atoms with van der Waals surface area (Å²) in [6.07, 6.45) is 0.612. The highest BCUT2D eigenvalue weighted by atomic mass is 35.5. The summed E-state index contributed by atoms with van der Waals surface area (Å²) in [5.74, 6) is -0.346. The van der Waals surface area contributed by atoms with Gasteiger partial charge in [0.15, 0.2) is 6.16 Å². The largest absolute Gasteiger partial charge is 0.458 e. The molecule has 0 fully saturated rings. The van der Waals surface area contributed by atoms with Crippen LogP contribution in [0.25, 0.3) is 0 Å². The molecule has 0 bridgehead atoms. The van der Waals surface area contributed by atoms with Crippen molar-refractivity contribution in [1.29, 1.82) is 0 Å². The number of halogens is 1. The molecular formula is C21H26ClNO3P+. The number of amides is 1. The number of carbonyl (C=O) groups is 2. The maximum atomic E-state index is 12.5. The summed E-state index contributed by atoms with van der Waals surface area (Å²) in [5, 5.41) is 3.62. The van der Waals surface area contributed by atoms with Gasteiger partial charge < -0.3 is 10.1 Å². The van der Waals surface area contributed by atoms with Gasteiger partial charge >= 0.3 is 5.97 Å². The lowest BCUT2D eigenvalue weighted by atomic mass is 10.1. The van der Waals surface area contributed by atoms with Gasteiger partial charge in [-0.15, -0.1) is 0 Å². The van der Waals surface area contributed by atoms with Crippen LogP contribution in [0.15, 0.2) is 42.5 Å². The molecule has 0 aliphatic rings. The molecular weight excluding hydrogens is 381 g/mol. The van der Waals surface area contributed by atoms with Gasteiger partial charge in [-0.1, -0.05) is 41.9 Å². The van der Waals surface area contributed by atoms with Crippen molar-refractivity contribution in [2.45, 2.75) is 20.5 Å². The average molecular weight is 407 g/mol. The molecule has 1 amide bonds. The Hall–Kier alpha value is -1.90. The number of nitrogens with one attached hydrogen (secondary N) is 1. The minimum absolute atomic E-state index is 0.0854. The maximum absolute atomic E-state index is 12.5. The molecule has 0 saturated carbocycles. The summed E-state index contributed by atoms with van der Waals surface area (Å²) in [6, 6.07) is 13.2. The van der Waals surface area contributed by atoms with E-state index in [0.717, 1.165) is 22.4 Å². The number of rotatable bonds is 7. The van der Waals surface area contributed by atoms with Crippen molar-refractivity contribution in [3.63, 3.8) is 0 Å². The van der Waals surface area contributed by atoms with Gasteiger partial charge in [0.2, 0.25) is 0 Å². The average Bonchev–Trinajstić information content (AvgIpc) is 2.56. The fraction of sp³-hybridized carbons (Fsp3) is 0.333. The number of ether oxygens (including phenoxy) is 1. The van der Waals surface area contributed by atoms with Gasteiger partial charge in [0.25, 0.3) is 5.91 Å². The fourth-order valence-corrected chi connectivity index (χ4v) is 4.95. The van der Waals surface area contributed by atoms with Crippen molar-refractivity contribution in [3.8, 4) is 0 Å². The molecule has 0 aromatic heterocycles. The van der Waals surface area contributed by atoms with Crippen LogP contribution in [0.3, 0.4) is 0 Å². The number of carbonyl (C=O) groups excluding carboxylic acids is 2. The molecule has 2 aromatic carbocycles. The zero-order valence-electron chi connectivity index (χ0n) is 16.2. The summed E-state index contributed by atoms with van der Waals surface area (Å²) in [6.45, 7) is 8.08. The summed E-state index contributed by atoms with van der Waals surface area (Å²) >= 11 is 6.04. The lowest BCUT2D eigenvalue weighted by molar-refractivity contribution is -0.141. The second-order valence-electron chi connectivity index (χ2n) is 7.36. The normalized spacial score (nSPS) is 11.1. The first-order chi connectivity index (χ1) is 12.7. The topological polar surface area (TPSA) is 55.4 Å². The van der Waals surface area contributed by atoms with Gasteiger partial charge in [-0.3, -0.25) is 4.79 Å². The summed E-state index contributed by atoms with van der Waals surface area (Å²) in [7, 11) is -1.77. The van der Waals surface area contributed by atoms with Gasteiger partial charge in [0.05, 0.1) is 0 Å². The molecule has 2 aromatic rings. The van der Waals surface area contributed by atoms with E-state index in [0.29, 0.717) is 11.2 Å². The Kier molecular flexibility index (Phi) is 7.41. The van der Waals surface area contributed by atoms with Crippen molar-refractivity contribution in [3.05, 3.63) is 64.2 Å². The third-order valence-corrected chi connectivity index (χ3v) is 6.61. The number of anilines is 1. The van der Waals surface area contributed by atoms with Gasteiger partial charge in [-0.05, 0) is 42.7 Å². The predicted octanol–water partition coefficient (Wildman–Crippen LogP) is 4.92. The van der Waals surface area contributed by atoms with Crippen LogP contribution in [0.1, 0.15) is 16.7 Å². The van der Waals surface area contributed by atoms with E-state index in [1.807, 2.05) is 69.6 Å². The first-order valence-electron chi connectivity index (χ1n) is 8.74. The summed E-state index contributed by atoms with van der Waals surface area (Å²) < 4.78 is 5.36. The molecule has 1 N–H and O–H groups in total. The second kappa shape index (κ2) is 9.34. The summed E-state index contributed by atoms with van der Waals surface area (Å²) in [4.78, 5) is 24.7. The van der Waals surface area contributed by atoms with Crippen molar-refractivity contribution < 1.29 is 14.3 Å². The zero-order valence-corrected chi connectivity index (χ0v) is 17.9. The van der Waals surface area contributed by atoms with Crippen LogP contribution in [-0.4, -0.2) is 37.5 Å². The van der Waals surface area contributed by atoms with E-state index in [-0.39, 0.29) is 24.6 Å². The Labute approximate surface area is 166 Å². The first-order valence-corrected chi connectivity index (χ1v) is 12.2. The highest BCUT2D eigenvalue weighted by Crippen LogP contribution is 2.50. The molecule has 0 saturated heterocycles. The zero-order chi connectivity index (χ0) is 20.0. The van der Waals surface area contributed by atoms with Crippen molar-refractivity contribution >= 4 is 36.4 Å². The SMILES string of the molecule is Cc1cc(Cl)cc(C)c1NC(=O)C[P+](C)(C)CC(=O)OCc1ccccc1. The van der Waals surface area contributed by atoms with Crippen LogP contribution in [0, 0.1) is 13.8 Å². The highest BCUT2D eigenvalue weighted by Gasteiger charge is 2.33. The number of hydrogen-bond donors (Lipinski definition) is 1. The molecule has 27 heavy (non-hydrogen) atoms. The molecule has 0 aliphatic carbocycles. The third-order valence-electron chi connectivity index (χ3n) is 4.13. The van der Waals surface area contributed by atoms with Gasteiger partial charge in [0, 0.05) is 31.3 Å². The first kappa shape index (κ1) is 21.4. The molecule has 4 nitrogen and oxygen atoms in total. The van der Waals surface area contributed by atoms with E-state index in [1.54, 1.807) is 0 Å². The molecule has 2 rings (SSSR count). The van der Waals surface area contributed by atoms with Gasteiger partial charge in [-0.2, -0.15) is 0 Å². The lowest BCUT2D eigenvalue weighted by Crippen LogP contribution is -2.23. The number of hydrogen-bond acceptors (Lipinski definition) is 3. The van der Waals surface area contributed by atoms with Crippen molar-refractivity contribution in [2.24, 2.45) is 0 Å². The minimum atomic E-state index is -1.77. The monoisotopic (exact) mass is 406 g/mol. The van der Waals surface area contributed by atoms with E-state index in [4.69, 9.17) is 16.3 Å². The summed E-state index contributed by atoms with van der Waals surface area (Å²) in [5.41, 5.74) is 3.59. The van der Waals surface area contributed by atoms with Crippen LogP contribution >= 0.6 is 18.9 Å². The Morgan fingerprint density at radius 1 is 1.04 bits per heavy atom. The Morgan fingerprint density at radius 2 is 1.63 bits per heavy atom. The fourth-order valence-electron chi connectivity index (χ4n) is 2.86. The molecule has 0 unspecified atom stereocenters. The van der Waals surface area contributed by atoms with Gasteiger partial charge in [-0.25, -0.2) is 4.79 Å². The Morgan fingerprint density at radius 3 is 2.22 bits per heavy atom. The van der Waals surface area contributed by atoms with Crippen LogP contribution in [0.5, 0.6) is 0 Å². The Balaban J connectivity index is 1.89. The number of esters is 1. The second-order valence-corrected chi connectivity index (χ2v) is 12.3. The quantitative estimate of drug-likeness (QED) is 0.524. The number of benzene rings is 2. The van der Waals surface area contributed by atoms with E-state index in [2.05, 4.69) is 5.32 Å². The molecule has 0 atom stereocenters. The molecule has 144 valence electrons. The van der Waals surface area contributed by atoms with Crippen LogP contribution < -0.4 is 5.32 Å². The van der Waals surface area contributed by atoms with Crippen LogP contribution in [0.2, 0.25) is 5.02 Å². The van der Waals surface area contributed by atoms with E-state index in [9.17, 15) is 9.59 Å². The van der Waals surface area contributed by atoms with E-state index >= 15 is 0 Å². The number of aryl methyl sites for hydroxylation is 2. The molecule has 0 spiro atoms. The lowest BCUT2D eigenvalue weighted by Gasteiger charge is -2.18. The molecule has 0 heterocycles. The standard InChI is InChI=1S/C21H25ClNO3P/c1-15-10-18(22)11-16(2)21(15)23-19(24)13-27(3,4)14-20(25)26-12-17-8-6-5-7-9-17/h5-11H,12-14H2,1-4H3/p+1. The van der Waals surface area contributed by atoms with Crippen LogP contribution in [0.4, 0.5) is 5.69 Å².